The number of Topliss-reactive ketones (excluding diaryl/α,β-unsaturated/α-hetero) is 1. The molecule has 5 heteroatoms. The van der Waals surface area contributed by atoms with E-state index < -0.39 is 11.7 Å². The van der Waals surface area contributed by atoms with Gasteiger partial charge >= 0.3 is 0 Å². The molecule has 1 aliphatic carbocycles. The van der Waals surface area contributed by atoms with Crippen molar-refractivity contribution in [3.63, 3.8) is 0 Å². The lowest BCUT2D eigenvalue weighted by Crippen LogP contribution is -2.27. The minimum Gasteiger partial charge on any atom is -0.294 e. The molecular weight excluding hydrogens is 277 g/mol. The summed E-state index contributed by atoms with van der Waals surface area (Å²) in [5.41, 5.74) is 0.206. The molecule has 0 N–H and O–H groups in total. The van der Waals surface area contributed by atoms with Gasteiger partial charge < -0.3 is 0 Å². The van der Waals surface area contributed by atoms with Gasteiger partial charge in [0, 0.05) is 24.8 Å². The highest BCUT2D eigenvalue weighted by Crippen LogP contribution is 2.38. The smallest absolute Gasteiger partial charge is 0.248 e. The molecule has 1 aromatic carbocycles. The highest BCUT2D eigenvalue weighted by molar-refractivity contribution is 6.33. The van der Waals surface area contributed by atoms with Crippen LogP contribution in [0.1, 0.15) is 42.5 Å². The maximum atomic E-state index is 13.3. The fraction of sp³-hybridized carbons (Fsp3) is 0.500. The Morgan fingerprint density at radius 3 is 2.79 bits per heavy atom. The predicted molar refractivity (Wildman–Crippen MR) is 67.3 cm³/mol. The summed E-state index contributed by atoms with van der Waals surface area (Å²) in [7, 11) is 0. The number of hydrogen-bond acceptors (Lipinski definition) is 1. The Kier molecular flexibility index (Phi) is 4.19. The first-order valence-corrected chi connectivity index (χ1v) is 6.61. The Bertz CT molecular complexity index is 488. The van der Waals surface area contributed by atoms with Gasteiger partial charge in [-0.15, -0.1) is 0 Å². The minimum absolute atomic E-state index is 0.0348. The van der Waals surface area contributed by atoms with Crippen LogP contribution in [-0.2, 0) is 0 Å². The van der Waals surface area contributed by atoms with Gasteiger partial charge in [-0.05, 0) is 37.0 Å². The lowest BCUT2D eigenvalue weighted by molar-refractivity contribution is -0.0521. The van der Waals surface area contributed by atoms with Crippen LogP contribution in [0.4, 0.5) is 13.2 Å². The van der Waals surface area contributed by atoms with Crippen LogP contribution in [0, 0.1) is 11.7 Å². The first-order valence-electron chi connectivity index (χ1n) is 6.23. The van der Waals surface area contributed by atoms with E-state index in [4.69, 9.17) is 11.6 Å². The van der Waals surface area contributed by atoms with E-state index >= 15 is 0 Å². The van der Waals surface area contributed by atoms with Crippen molar-refractivity contribution >= 4 is 17.4 Å². The number of benzene rings is 1. The van der Waals surface area contributed by atoms with E-state index in [1.54, 1.807) is 0 Å². The number of hydrogen-bond donors (Lipinski definition) is 0. The van der Waals surface area contributed by atoms with Crippen molar-refractivity contribution in [2.45, 2.75) is 38.0 Å². The van der Waals surface area contributed by atoms with E-state index in [2.05, 4.69) is 0 Å². The summed E-state index contributed by atoms with van der Waals surface area (Å²) >= 11 is 5.79. The van der Waals surface area contributed by atoms with Gasteiger partial charge in [-0.3, -0.25) is 4.79 Å². The summed E-state index contributed by atoms with van der Waals surface area (Å²) in [6, 6.07) is 3.51. The molecule has 0 aliphatic heterocycles. The Morgan fingerprint density at radius 1 is 1.42 bits per heavy atom. The predicted octanol–water partition coefficient (Wildman–Crippen LogP) is 4.88. The molecule has 0 spiro atoms. The Hall–Kier alpha value is -1.03. The van der Waals surface area contributed by atoms with Crippen molar-refractivity contribution in [3.8, 4) is 0 Å². The Balaban J connectivity index is 2.04. The third-order valence-corrected chi connectivity index (χ3v) is 3.76. The number of rotatable bonds is 3. The summed E-state index contributed by atoms with van der Waals surface area (Å²) in [6.45, 7) is 0. The van der Waals surface area contributed by atoms with Crippen LogP contribution < -0.4 is 0 Å². The van der Waals surface area contributed by atoms with Crippen LogP contribution in [-0.4, -0.2) is 11.7 Å². The molecule has 1 saturated carbocycles. The molecule has 2 rings (SSSR count). The molecule has 1 aliphatic rings. The van der Waals surface area contributed by atoms with E-state index in [0.29, 0.717) is 12.8 Å². The molecule has 1 nitrogen and oxygen atoms in total. The van der Waals surface area contributed by atoms with Crippen LogP contribution in [0.15, 0.2) is 18.2 Å². The fourth-order valence-electron chi connectivity index (χ4n) is 2.54. The molecule has 1 unspecified atom stereocenters. The second-order valence-electron chi connectivity index (χ2n) is 5.07. The van der Waals surface area contributed by atoms with Crippen molar-refractivity contribution in [2.24, 2.45) is 5.92 Å². The molecule has 0 bridgehead atoms. The summed E-state index contributed by atoms with van der Waals surface area (Å²) in [5, 5.41) is 0.0348. The fourth-order valence-corrected chi connectivity index (χ4v) is 2.81. The van der Waals surface area contributed by atoms with Gasteiger partial charge in [0.2, 0.25) is 5.92 Å². The molecule has 0 heterocycles. The number of carbonyl (C=O) groups excluding carboxylic acids is 1. The molecule has 1 atom stereocenters. The first kappa shape index (κ1) is 14.4. The third kappa shape index (κ3) is 3.72. The number of alkyl halides is 2. The maximum absolute atomic E-state index is 13.3. The monoisotopic (exact) mass is 290 g/mol. The molecule has 0 saturated heterocycles. The van der Waals surface area contributed by atoms with Crippen LogP contribution in [0.2, 0.25) is 5.02 Å². The molecule has 0 aromatic heterocycles. The van der Waals surface area contributed by atoms with Gasteiger partial charge in [-0.25, -0.2) is 13.2 Å². The van der Waals surface area contributed by atoms with Crippen molar-refractivity contribution in [3.05, 3.63) is 34.6 Å². The normalized spacial score (nSPS) is 22.2. The van der Waals surface area contributed by atoms with Gasteiger partial charge in [0.15, 0.2) is 5.78 Å². The van der Waals surface area contributed by atoms with Crippen molar-refractivity contribution in [2.75, 3.05) is 0 Å². The zero-order chi connectivity index (χ0) is 14.0. The van der Waals surface area contributed by atoms with E-state index in [1.807, 2.05) is 0 Å². The molecular formula is C14H14ClF3O. The van der Waals surface area contributed by atoms with Crippen molar-refractivity contribution in [1.82, 2.24) is 0 Å². The van der Waals surface area contributed by atoms with Gasteiger partial charge in [-0.2, -0.15) is 0 Å². The number of carbonyl (C=O) groups is 1. The summed E-state index contributed by atoms with van der Waals surface area (Å²) in [4.78, 5) is 12.0. The Morgan fingerprint density at radius 2 is 2.16 bits per heavy atom. The lowest BCUT2D eigenvalue weighted by atomic mass is 9.82. The van der Waals surface area contributed by atoms with E-state index in [1.165, 1.54) is 6.07 Å². The quantitative estimate of drug-likeness (QED) is 0.725. The molecule has 104 valence electrons. The van der Waals surface area contributed by atoms with Crippen LogP contribution in [0.25, 0.3) is 0 Å². The van der Waals surface area contributed by atoms with E-state index in [0.717, 1.165) is 12.1 Å². The van der Waals surface area contributed by atoms with Crippen molar-refractivity contribution in [1.29, 1.82) is 0 Å². The zero-order valence-corrected chi connectivity index (χ0v) is 11.0. The Labute approximate surface area is 114 Å². The van der Waals surface area contributed by atoms with Crippen molar-refractivity contribution < 1.29 is 18.0 Å². The van der Waals surface area contributed by atoms with Crippen LogP contribution in [0.3, 0.4) is 0 Å². The average Bonchev–Trinajstić information content (AvgIpc) is 2.27. The summed E-state index contributed by atoms with van der Waals surface area (Å²) in [5.74, 6) is -3.81. The van der Waals surface area contributed by atoms with Gasteiger partial charge in [-0.1, -0.05) is 11.6 Å². The first-order chi connectivity index (χ1) is 8.87. The molecule has 0 radical (unpaired) electrons. The molecule has 1 aromatic rings. The van der Waals surface area contributed by atoms with Gasteiger partial charge in [0.25, 0.3) is 0 Å². The van der Waals surface area contributed by atoms with Crippen LogP contribution >= 0.6 is 11.6 Å². The molecule has 1 fully saturated rings. The third-order valence-electron chi connectivity index (χ3n) is 3.45. The summed E-state index contributed by atoms with van der Waals surface area (Å²) < 4.78 is 39.4. The van der Waals surface area contributed by atoms with Gasteiger partial charge in [0.05, 0.1) is 5.02 Å². The van der Waals surface area contributed by atoms with E-state index in [-0.39, 0.29) is 41.5 Å². The molecule has 19 heavy (non-hydrogen) atoms. The standard InChI is InChI=1S/C14H14ClF3O/c15-12-7-10(16)3-4-11(12)13(19)6-9-2-1-5-14(17,18)8-9/h3-4,7,9H,1-2,5-6,8H2. The van der Waals surface area contributed by atoms with Crippen LogP contribution in [0.5, 0.6) is 0 Å². The highest BCUT2D eigenvalue weighted by atomic mass is 35.5. The summed E-state index contributed by atoms with van der Waals surface area (Å²) in [6.07, 6.45) is 0.746. The SMILES string of the molecule is O=C(CC1CCCC(F)(F)C1)c1ccc(F)cc1Cl. The topological polar surface area (TPSA) is 17.1 Å². The van der Waals surface area contributed by atoms with Gasteiger partial charge in [0.1, 0.15) is 5.82 Å². The highest BCUT2D eigenvalue weighted by Gasteiger charge is 2.37. The minimum atomic E-state index is -2.67. The van der Waals surface area contributed by atoms with E-state index in [9.17, 15) is 18.0 Å². The largest absolute Gasteiger partial charge is 0.294 e. The maximum Gasteiger partial charge on any atom is 0.248 e. The lowest BCUT2D eigenvalue weighted by Gasteiger charge is -2.28. The second-order valence-corrected chi connectivity index (χ2v) is 5.48. The number of ketones is 1. The number of halogens is 4. The zero-order valence-electron chi connectivity index (χ0n) is 10.3. The average molecular weight is 291 g/mol. The molecule has 0 amide bonds. The second kappa shape index (κ2) is 5.53.